The third-order valence-corrected chi connectivity index (χ3v) is 4.28. The number of amides is 1. The van der Waals surface area contributed by atoms with E-state index in [1.807, 2.05) is 0 Å². The Morgan fingerprint density at radius 3 is 2.57 bits per heavy atom. The summed E-state index contributed by atoms with van der Waals surface area (Å²) in [6, 6.07) is 1.16. The van der Waals surface area contributed by atoms with Crippen molar-refractivity contribution in [3.8, 4) is 0 Å². The third kappa shape index (κ3) is 3.76. The predicted molar refractivity (Wildman–Crippen MR) is 72.0 cm³/mol. The minimum absolute atomic E-state index is 0.248. The number of rotatable bonds is 5. The highest BCUT2D eigenvalue weighted by molar-refractivity contribution is 7.89. The Morgan fingerprint density at radius 2 is 2.05 bits per heavy atom. The number of nitrogens with one attached hydrogen (secondary N) is 1. The summed E-state index contributed by atoms with van der Waals surface area (Å²) >= 11 is 0. The molecule has 5 nitrogen and oxygen atoms in total. The molecule has 0 saturated heterocycles. The molecule has 1 fully saturated rings. The van der Waals surface area contributed by atoms with Crippen LogP contribution >= 0.6 is 0 Å². The fourth-order valence-corrected chi connectivity index (χ4v) is 2.78. The first kappa shape index (κ1) is 15.8. The maximum atomic E-state index is 14.0. The van der Waals surface area contributed by atoms with Crippen LogP contribution in [-0.2, 0) is 10.0 Å². The van der Waals surface area contributed by atoms with Gasteiger partial charge in [0.1, 0.15) is 16.3 Å². The first-order chi connectivity index (χ1) is 9.70. The first-order valence-corrected chi connectivity index (χ1v) is 8.06. The molecule has 1 aliphatic carbocycles. The summed E-state index contributed by atoms with van der Waals surface area (Å²) in [5, 5.41) is 7.30. The Hall–Kier alpha value is -1.54. The number of sulfonamides is 1. The topological polar surface area (TPSA) is 89.3 Å². The largest absolute Gasteiger partial charge is 0.349 e. The van der Waals surface area contributed by atoms with E-state index in [9.17, 15) is 22.0 Å². The molecule has 1 aliphatic rings. The van der Waals surface area contributed by atoms with E-state index in [1.165, 1.54) is 0 Å². The van der Waals surface area contributed by atoms with Crippen molar-refractivity contribution >= 4 is 15.9 Å². The molecule has 0 bridgehead atoms. The van der Waals surface area contributed by atoms with Gasteiger partial charge in [-0.2, -0.15) is 0 Å². The zero-order chi connectivity index (χ0) is 15.8. The number of carbonyl (C=O) groups is 1. The molecule has 2 rings (SSSR count). The maximum absolute atomic E-state index is 14.0. The fourth-order valence-electron chi connectivity index (χ4n) is 2.17. The molecule has 0 heterocycles. The van der Waals surface area contributed by atoms with E-state index >= 15 is 0 Å². The van der Waals surface area contributed by atoms with E-state index < -0.39 is 38.0 Å². The van der Waals surface area contributed by atoms with Gasteiger partial charge in [0.25, 0.3) is 5.91 Å². The lowest BCUT2D eigenvalue weighted by Crippen LogP contribution is -2.34. The smallest absolute Gasteiger partial charge is 0.257 e. The van der Waals surface area contributed by atoms with Gasteiger partial charge in [0.05, 0.1) is 0 Å². The van der Waals surface area contributed by atoms with E-state index in [4.69, 9.17) is 5.14 Å². The Morgan fingerprint density at radius 1 is 1.43 bits per heavy atom. The van der Waals surface area contributed by atoms with Crippen molar-refractivity contribution in [1.82, 2.24) is 5.32 Å². The molecule has 116 valence electrons. The highest BCUT2D eigenvalue weighted by atomic mass is 32.2. The second-order valence-corrected chi connectivity index (χ2v) is 6.86. The van der Waals surface area contributed by atoms with Crippen LogP contribution in [0.2, 0.25) is 0 Å². The van der Waals surface area contributed by atoms with Crippen LogP contribution in [0.1, 0.15) is 36.5 Å². The molecule has 1 aromatic rings. The van der Waals surface area contributed by atoms with Crippen molar-refractivity contribution in [3.05, 3.63) is 29.3 Å². The Bertz CT molecular complexity index is 672. The zero-order valence-corrected chi connectivity index (χ0v) is 12.2. The predicted octanol–water partition coefficient (Wildman–Crippen LogP) is 1.53. The zero-order valence-electron chi connectivity index (χ0n) is 11.4. The van der Waals surface area contributed by atoms with Crippen LogP contribution in [0.4, 0.5) is 8.78 Å². The van der Waals surface area contributed by atoms with Gasteiger partial charge in [0.2, 0.25) is 10.0 Å². The Balaban J connectivity index is 2.27. The second kappa shape index (κ2) is 5.69. The van der Waals surface area contributed by atoms with Gasteiger partial charge in [-0.3, -0.25) is 4.79 Å². The number of nitrogens with two attached hydrogens (primary N) is 1. The number of benzene rings is 1. The van der Waals surface area contributed by atoms with Gasteiger partial charge in [-0.05, 0) is 31.4 Å². The van der Waals surface area contributed by atoms with E-state index in [0.29, 0.717) is 18.1 Å². The molecule has 1 unspecified atom stereocenters. The van der Waals surface area contributed by atoms with Gasteiger partial charge in [0.15, 0.2) is 5.82 Å². The van der Waals surface area contributed by atoms with E-state index in [2.05, 4.69) is 5.32 Å². The standard InChI is InChI=1S/C13H16F2N2O3S/c1-7(6-8-2-3-8)17-13(18)11-9(14)4-5-10(12(11)15)21(16,19)20/h4-5,7-8H,2-3,6H2,1H3,(H,17,18)(H2,16,19,20). The SMILES string of the molecule is CC(CC1CC1)NC(=O)c1c(F)ccc(S(N)(=O)=O)c1F. The summed E-state index contributed by atoms with van der Waals surface area (Å²) in [5.41, 5.74) is -0.927. The van der Waals surface area contributed by atoms with Crippen molar-refractivity contribution in [2.75, 3.05) is 0 Å². The summed E-state index contributed by atoms with van der Waals surface area (Å²) < 4.78 is 50.1. The summed E-state index contributed by atoms with van der Waals surface area (Å²) in [5.74, 6) is -3.04. The van der Waals surface area contributed by atoms with Crippen molar-refractivity contribution in [2.24, 2.45) is 11.1 Å². The van der Waals surface area contributed by atoms with Crippen molar-refractivity contribution in [3.63, 3.8) is 0 Å². The molecule has 8 heteroatoms. The van der Waals surface area contributed by atoms with Crippen LogP contribution in [-0.4, -0.2) is 20.4 Å². The van der Waals surface area contributed by atoms with E-state index in [1.54, 1.807) is 6.92 Å². The van der Waals surface area contributed by atoms with Gasteiger partial charge in [-0.25, -0.2) is 22.3 Å². The van der Waals surface area contributed by atoms with E-state index in [-0.39, 0.29) is 6.04 Å². The van der Waals surface area contributed by atoms with Crippen LogP contribution in [0.3, 0.4) is 0 Å². The molecule has 1 saturated carbocycles. The highest BCUT2D eigenvalue weighted by Gasteiger charge is 2.28. The lowest BCUT2D eigenvalue weighted by molar-refractivity contribution is 0.0928. The molecule has 1 amide bonds. The van der Waals surface area contributed by atoms with Crippen molar-refractivity contribution < 1.29 is 22.0 Å². The number of primary sulfonamides is 1. The van der Waals surface area contributed by atoms with Crippen LogP contribution in [0.15, 0.2) is 17.0 Å². The second-order valence-electron chi connectivity index (χ2n) is 5.33. The number of hydrogen-bond acceptors (Lipinski definition) is 3. The molecule has 21 heavy (non-hydrogen) atoms. The molecule has 1 aromatic carbocycles. The lowest BCUT2D eigenvalue weighted by atomic mass is 10.1. The molecular weight excluding hydrogens is 302 g/mol. The van der Waals surface area contributed by atoms with Gasteiger partial charge in [-0.1, -0.05) is 12.8 Å². The molecule has 0 aromatic heterocycles. The molecule has 0 spiro atoms. The van der Waals surface area contributed by atoms with Crippen molar-refractivity contribution in [1.29, 1.82) is 0 Å². The molecule has 3 N–H and O–H groups in total. The molecule has 0 aliphatic heterocycles. The van der Waals surface area contributed by atoms with E-state index in [0.717, 1.165) is 19.3 Å². The number of carbonyl (C=O) groups excluding carboxylic acids is 1. The van der Waals surface area contributed by atoms with Crippen LogP contribution in [0.25, 0.3) is 0 Å². The molecular formula is C13H16F2N2O3S. The van der Waals surface area contributed by atoms with Crippen LogP contribution in [0, 0.1) is 17.6 Å². The average Bonchev–Trinajstić information content (AvgIpc) is 3.10. The number of halogens is 2. The Labute approximate surface area is 121 Å². The highest BCUT2D eigenvalue weighted by Crippen LogP contribution is 2.33. The van der Waals surface area contributed by atoms with Gasteiger partial charge in [0, 0.05) is 6.04 Å². The van der Waals surface area contributed by atoms with Gasteiger partial charge >= 0.3 is 0 Å². The molecule has 1 atom stereocenters. The lowest BCUT2D eigenvalue weighted by Gasteiger charge is -2.14. The summed E-state index contributed by atoms with van der Waals surface area (Å²) in [6.07, 6.45) is 2.90. The van der Waals surface area contributed by atoms with Gasteiger partial charge < -0.3 is 5.32 Å². The quantitative estimate of drug-likeness (QED) is 0.863. The number of hydrogen-bond donors (Lipinski definition) is 2. The minimum atomic E-state index is -4.37. The molecule has 0 radical (unpaired) electrons. The third-order valence-electron chi connectivity index (χ3n) is 3.35. The normalized spacial score (nSPS) is 16.6. The summed E-state index contributed by atoms with van der Waals surface area (Å²) in [6.45, 7) is 1.73. The average molecular weight is 318 g/mol. The van der Waals surface area contributed by atoms with Gasteiger partial charge in [-0.15, -0.1) is 0 Å². The summed E-state index contributed by atoms with van der Waals surface area (Å²) in [7, 11) is -4.37. The first-order valence-electron chi connectivity index (χ1n) is 6.51. The fraction of sp³-hybridized carbons (Fsp3) is 0.462. The van der Waals surface area contributed by atoms with Crippen molar-refractivity contribution in [2.45, 2.75) is 37.1 Å². The monoisotopic (exact) mass is 318 g/mol. The summed E-state index contributed by atoms with van der Waals surface area (Å²) in [4.78, 5) is 11.1. The maximum Gasteiger partial charge on any atom is 0.257 e. The van der Waals surface area contributed by atoms with Crippen LogP contribution < -0.4 is 10.5 Å². The van der Waals surface area contributed by atoms with Crippen LogP contribution in [0.5, 0.6) is 0 Å². The Kier molecular flexibility index (Phi) is 4.29. The minimum Gasteiger partial charge on any atom is -0.349 e.